The van der Waals surface area contributed by atoms with Crippen LogP contribution in [-0.4, -0.2) is 11.0 Å². The van der Waals surface area contributed by atoms with Crippen LogP contribution in [-0.2, 0) is 11.3 Å². The van der Waals surface area contributed by atoms with Crippen molar-refractivity contribution in [1.82, 2.24) is 4.98 Å². The van der Waals surface area contributed by atoms with E-state index in [2.05, 4.69) is 4.98 Å². The summed E-state index contributed by atoms with van der Waals surface area (Å²) in [5.74, 6) is -0.859. The third-order valence-corrected chi connectivity index (χ3v) is 2.17. The number of pyridine rings is 1. The normalized spacial score (nSPS) is 9.94. The van der Waals surface area contributed by atoms with E-state index in [1.54, 1.807) is 18.5 Å². The summed E-state index contributed by atoms with van der Waals surface area (Å²) in [4.78, 5) is 15.5. The molecule has 0 unspecified atom stereocenters. The molecule has 0 aliphatic carbocycles. The molecule has 86 valence electrons. The first-order valence-electron chi connectivity index (χ1n) is 5.07. The van der Waals surface area contributed by atoms with Crippen LogP contribution in [0.3, 0.4) is 0 Å². The first kappa shape index (κ1) is 11.3. The molecule has 0 saturated carbocycles. The fraction of sp³-hybridized carbons (Fsp3) is 0.0769. The minimum atomic E-state index is -0.478. The maximum atomic E-state index is 12.6. The minimum Gasteiger partial charge on any atom is -0.457 e. The van der Waals surface area contributed by atoms with E-state index < -0.39 is 5.97 Å². The summed E-state index contributed by atoms with van der Waals surface area (Å²) >= 11 is 0. The minimum absolute atomic E-state index is 0.157. The van der Waals surface area contributed by atoms with Crippen molar-refractivity contribution in [2.75, 3.05) is 0 Å². The Labute approximate surface area is 97.9 Å². The lowest BCUT2D eigenvalue weighted by Crippen LogP contribution is -2.05. The van der Waals surface area contributed by atoms with E-state index in [-0.39, 0.29) is 12.4 Å². The third kappa shape index (κ3) is 3.11. The number of carbonyl (C=O) groups excluding carboxylic acids is 1. The Bertz CT molecular complexity index is 497. The molecule has 0 amide bonds. The second-order valence-corrected chi connectivity index (χ2v) is 3.44. The molecule has 0 bridgehead atoms. The maximum Gasteiger partial charge on any atom is 0.338 e. The SMILES string of the molecule is O=C(OCc1cccnc1)c1ccc(F)cc1. The molecule has 0 radical (unpaired) electrons. The lowest BCUT2D eigenvalue weighted by molar-refractivity contribution is 0.0472. The number of hydrogen-bond donors (Lipinski definition) is 0. The molecule has 2 aromatic rings. The summed E-state index contributed by atoms with van der Waals surface area (Å²) in [6, 6.07) is 8.80. The highest BCUT2D eigenvalue weighted by Gasteiger charge is 2.06. The molecule has 0 aliphatic heterocycles. The molecule has 0 spiro atoms. The van der Waals surface area contributed by atoms with Gasteiger partial charge >= 0.3 is 5.97 Å². The van der Waals surface area contributed by atoms with Gasteiger partial charge in [-0.1, -0.05) is 6.07 Å². The average Bonchev–Trinajstić information content (AvgIpc) is 2.38. The molecular weight excluding hydrogens is 221 g/mol. The van der Waals surface area contributed by atoms with E-state index >= 15 is 0 Å². The Morgan fingerprint density at radius 1 is 1.24 bits per heavy atom. The highest BCUT2D eigenvalue weighted by Crippen LogP contribution is 2.06. The van der Waals surface area contributed by atoms with Gasteiger partial charge in [0, 0.05) is 18.0 Å². The Kier molecular flexibility index (Phi) is 3.45. The highest BCUT2D eigenvalue weighted by atomic mass is 19.1. The zero-order chi connectivity index (χ0) is 12.1. The number of esters is 1. The van der Waals surface area contributed by atoms with Crippen LogP contribution in [0.25, 0.3) is 0 Å². The molecular formula is C13H10FNO2. The number of carbonyl (C=O) groups is 1. The largest absolute Gasteiger partial charge is 0.457 e. The van der Waals surface area contributed by atoms with Crippen LogP contribution in [0, 0.1) is 5.82 Å². The van der Waals surface area contributed by atoms with Gasteiger partial charge < -0.3 is 4.74 Å². The van der Waals surface area contributed by atoms with Gasteiger partial charge in [-0.05, 0) is 30.3 Å². The van der Waals surface area contributed by atoms with Crippen LogP contribution in [0.15, 0.2) is 48.8 Å². The number of rotatable bonds is 3. The maximum absolute atomic E-state index is 12.6. The fourth-order valence-corrected chi connectivity index (χ4v) is 1.30. The van der Waals surface area contributed by atoms with Crippen molar-refractivity contribution < 1.29 is 13.9 Å². The van der Waals surface area contributed by atoms with Gasteiger partial charge in [0.2, 0.25) is 0 Å². The number of ether oxygens (including phenoxy) is 1. The molecule has 1 aromatic carbocycles. The summed E-state index contributed by atoms with van der Waals surface area (Å²) in [6.07, 6.45) is 3.27. The van der Waals surface area contributed by atoms with Crippen molar-refractivity contribution in [1.29, 1.82) is 0 Å². The van der Waals surface area contributed by atoms with Gasteiger partial charge in [0.15, 0.2) is 0 Å². The summed E-state index contributed by atoms with van der Waals surface area (Å²) < 4.78 is 17.7. The zero-order valence-corrected chi connectivity index (χ0v) is 8.97. The van der Waals surface area contributed by atoms with Gasteiger partial charge in [0.25, 0.3) is 0 Å². The van der Waals surface area contributed by atoms with Gasteiger partial charge in [0.05, 0.1) is 5.56 Å². The molecule has 0 fully saturated rings. The summed E-state index contributed by atoms with van der Waals surface area (Å²) in [5, 5.41) is 0. The predicted molar refractivity (Wildman–Crippen MR) is 59.8 cm³/mol. The molecule has 0 aliphatic rings. The van der Waals surface area contributed by atoms with Gasteiger partial charge in [-0.15, -0.1) is 0 Å². The van der Waals surface area contributed by atoms with E-state index in [4.69, 9.17) is 4.74 Å². The number of hydrogen-bond acceptors (Lipinski definition) is 3. The van der Waals surface area contributed by atoms with Crippen LogP contribution in [0.1, 0.15) is 15.9 Å². The Morgan fingerprint density at radius 3 is 2.65 bits per heavy atom. The zero-order valence-electron chi connectivity index (χ0n) is 8.97. The van der Waals surface area contributed by atoms with Crippen LogP contribution in [0.2, 0.25) is 0 Å². The van der Waals surface area contributed by atoms with Crippen LogP contribution >= 0.6 is 0 Å². The third-order valence-electron chi connectivity index (χ3n) is 2.17. The highest BCUT2D eigenvalue weighted by molar-refractivity contribution is 5.89. The van der Waals surface area contributed by atoms with Gasteiger partial charge in [0.1, 0.15) is 12.4 Å². The predicted octanol–water partition coefficient (Wildman–Crippen LogP) is 2.58. The van der Waals surface area contributed by atoms with Gasteiger partial charge in [-0.3, -0.25) is 4.98 Å². The lowest BCUT2D eigenvalue weighted by Gasteiger charge is -2.04. The number of nitrogens with zero attached hydrogens (tertiary/aromatic N) is 1. The van der Waals surface area contributed by atoms with Gasteiger partial charge in [-0.25, -0.2) is 9.18 Å². The lowest BCUT2D eigenvalue weighted by atomic mass is 10.2. The van der Waals surface area contributed by atoms with Gasteiger partial charge in [-0.2, -0.15) is 0 Å². The number of benzene rings is 1. The fourth-order valence-electron chi connectivity index (χ4n) is 1.30. The molecule has 2 rings (SSSR count). The van der Waals surface area contributed by atoms with Crippen molar-refractivity contribution in [3.05, 3.63) is 65.7 Å². The van der Waals surface area contributed by atoms with Crippen molar-refractivity contribution in [3.63, 3.8) is 0 Å². The van der Waals surface area contributed by atoms with E-state index in [0.29, 0.717) is 5.56 Å². The standard InChI is InChI=1S/C13H10FNO2/c14-12-5-3-11(4-6-12)13(16)17-9-10-2-1-7-15-8-10/h1-8H,9H2. The summed E-state index contributed by atoms with van der Waals surface area (Å²) in [7, 11) is 0. The van der Waals surface area contributed by atoms with Crippen LogP contribution in [0.5, 0.6) is 0 Å². The van der Waals surface area contributed by atoms with Crippen LogP contribution < -0.4 is 0 Å². The van der Waals surface area contributed by atoms with E-state index in [9.17, 15) is 9.18 Å². The van der Waals surface area contributed by atoms with E-state index in [1.165, 1.54) is 24.3 Å². The van der Waals surface area contributed by atoms with Crippen molar-refractivity contribution in [3.8, 4) is 0 Å². The molecule has 0 atom stereocenters. The molecule has 3 nitrogen and oxygen atoms in total. The first-order valence-corrected chi connectivity index (χ1v) is 5.07. The molecule has 4 heteroatoms. The first-order chi connectivity index (χ1) is 8.25. The smallest absolute Gasteiger partial charge is 0.338 e. The van der Waals surface area contributed by atoms with E-state index in [1.807, 2.05) is 6.07 Å². The van der Waals surface area contributed by atoms with Crippen molar-refractivity contribution in [2.24, 2.45) is 0 Å². The van der Waals surface area contributed by atoms with Crippen molar-refractivity contribution >= 4 is 5.97 Å². The van der Waals surface area contributed by atoms with Crippen LogP contribution in [0.4, 0.5) is 4.39 Å². The summed E-state index contributed by atoms with van der Waals surface area (Å²) in [6.45, 7) is 0.157. The second-order valence-electron chi connectivity index (χ2n) is 3.44. The second kappa shape index (κ2) is 5.21. The number of aromatic nitrogens is 1. The molecule has 1 aromatic heterocycles. The Hall–Kier alpha value is -2.23. The quantitative estimate of drug-likeness (QED) is 0.762. The molecule has 17 heavy (non-hydrogen) atoms. The summed E-state index contributed by atoms with van der Waals surface area (Å²) in [5.41, 5.74) is 1.14. The topological polar surface area (TPSA) is 39.2 Å². The monoisotopic (exact) mass is 231 g/mol. The molecule has 1 heterocycles. The Balaban J connectivity index is 1.96. The van der Waals surface area contributed by atoms with E-state index in [0.717, 1.165) is 5.56 Å². The number of halogens is 1. The van der Waals surface area contributed by atoms with Crippen molar-refractivity contribution in [2.45, 2.75) is 6.61 Å². The molecule has 0 N–H and O–H groups in total. The molecule has 0 saturated heterocycles. The Morgan fingerprint density at radius 2 is 2.00 bits per heavy atom. The average molecular weight is 231 g/mol.